The molecule has 3 amide bonds. The van der Waals surface area contributed by atoms with E-state index in [1.54, 1.807) is 0 Å². The Hall–Kier alpha value is -2.61. The summed E-state index contributed by atoms with van der Waals surface area (Å²) in [4.78, 5) is 26.2. The molecule has 1 aliphatic rings. The summed E-state index contributed by atoms with van der Waals surface area (Å²) in [5.41, 5.74) is 4.31. The summed E-state index contributed by atoms with van der Waals surface area (Å²) in [6, 6.07) is -0.00768. The number of aliphatic hydroxyl groups is 1. The summed E-state index contributed by atoms with van der Waals surface area (Å²) in [6.45, 7) is 1.91. The summed E-state index contributed by atoms with van der Waals surface area (Å²) in [5.74, 6) is -5.46. The van der Waals surface area contributed by atoms with Gasteiger partial charge in [-0.25, -0.2) is 18.0 Å². The van der Waals surface area contributed by atoms with Gasteiger partial charge in [0.15, 0.2) is 11.6 Å². The first-order valence-corrected chi connectivity index (χ1v) is 11.5. The van der Waals surface area contributed by atoms with Gasteiger partial charge >= 0.3 is 6.03 Å². The van der Waals surface area contributed by atoms with E-state index in [0.717, 1.165) is 25.9 Å². The number of halogens is 4. The number of carbonyl (C=O) groups is 2. The van der Waals surface area contributed by atoms with E-state index in [9.17, 15) is 27.9 Å². The Morgan fingerprint density at radius 2 is 2.09 bits per heavy atom. The van der Waals surface area contributed by atoms with Crippen molar-refractivity contribution in [2.45, 2.75) is 32.0 Å². The molecule has 0 saturated carbocycles. The first kappa shape index (κ1) is 26.0. The molecule has 1 aromatic carbocycles. The van der Waals surface area contributed by atoms with Crippen LogP contribution in [0.15, 0.2) is 6.07 Å². The molecule has 14 heteroatoms. The van der Waals surface area contributed by atoms with E-state index in [4.69, 9.17) is 22.1 Å². The number of carbonyl (C=O) groups excluding carboxylic acids is 2. The highest BCUT2D eigenvalue weighted by atomic mass is 35.5. The van der Waals surface area contributed by atoms with Gasteiger partial charge in [-0.2, -0.15) is 4.37 Å². The molecule has 2 heterocycles. The molecule has 34 heavy (non-hydrogen) atoms. The second-order valence-electron chi connectivity index (χ2n) is 7.62. The molecule has 1 saturated heterocycles. The second kappa shape index (κ2) is 11.7. The van der Waals surface area contributed by atoms with Crippen LogP contribution in [0.25, 0.3) is 0 Å². The number of hydrogen-bond acceptors (Lipinski definition) is 7. The van der Waals surface area contributed by atoms with Crippen molar-refractivity contribution in [3.8, 4) is 5.88 Å². The molecule has 1 unspecified atom stereocenters. The van der Waals surface area contributed by atoms with E-state index in [1.165, 1.54) is 0 Å². The molecule has 3 rings (SSSR count). The molecule has 1 aliphatic heterocycles. The SMILES string of the molecule is NC(=O)c1c(OCc2c(F)cc(Cl)c(F)c2F)nsc1NC(=O)NCCCCN1CCC(O)C1. The Labute approximate surface area is 202 Å². The van der Waals surface area contributed by atoms with Crippen LogP contribution >= 0.6 is 23.1 Å². The molecule has 1 fully saturated rings. The normalized spacial score (nSPS) is 16.0. The summed E-state index contributed by atoms with van der Waals surface area (Å²) in [6.07, 6.45) is 2.02. The Bertz CT molecular complexity index is 1060. The number of rotatable bonds is 10. The van der Waals surface area contributed by atoms with Crippen LogP contribution in [-0.2, 0) is 6.61 Å². The number of anilines is 1. The summed E-state index contributed by atoms with van der Waals surface area (Å²) in [5, 5.41) is 13.8. The third-order valence-corrected chi connectivity index (χ3v) is 6.15. The molecule has 0 aliphatic carbocycles. The topological polar surface area (TPSA) is 130 Å². The Kier molecular flexibility index (Phi) is 8.94. The molecular formula is C20H23ClF3N5O4S. The number of ether oxygens (including phenoxy) is 1. The molecule has 0 spiro atoms. The number of nitrogens with two attached hydrogens (primary N) is 1. The van der Waals surface area contributed by atoms with Gasteiger partial charge in [0.25, 0.3) is 5.91 Å². The number of β-amino-alcohol motifs (C(OH)–C–C–N with tert-alkyl or cyclic N) is 1. The minimum Gasteiger partial charge on any atom is -0.471 e. The number of unbranched alkanes of at least 4 members (excludes halogenated alkanes) is 1. The highest BCUT2D eigenvalue weighted by Gasteiger charge is 2.24. The predicted octanol–water partition coefficient (Wildman–Crippen LogP) is 2.86. The third kappa shape index (κ3) is 6.50. The number of amides is 3. The number of hydrogen-bond donors (Lipinski definition) is 4. The monoisotopic (exact) mass is 521 g/mol. The lowest BCUT2D eigenvalue weighted by Gasteiger charge is -2.14. The van der Waals surface area contributed by atoms with Gasteiger partial charge in [0.2, 0.25) is 5.88 Å². The maximum absolute atomic E-state index is 14.0. The number of primary amides is 1. The summed E-state index contributed by atoms with van der Waals surface area (Å²) >= 11 is 6.07. The van der Waals surface area contributed by atoms with Gasteiger partial charge in [0.05, 0.1) is 16.7 Å². The van der Waals surface area contributed by atoms with Gasteiger partial charge in [0, 0.05) is 19.6 Å². The zero-order chi connectivity index (χ0) is 24.8. The lowest BCUT2D eigenvalue weighted by molar-refractivity contribution is 0.0996. The molecule has 186 valence electrons. The maximum atomic E-state index is 14.0. The average molecular weight is 522 g/mol. The molecular weight excluding hydrogens is 499 g/mol. The van der Waals surface area contributed by atoms with E-state index in [2.05, 4.69) is 19.9 Å². The minimum absolute atomic E-state index is 0.0192. The number of likely N-dealkylation sites (tertiary alicyclic amines) is 1. The van der Waals surface area contributed by atoms with E-state index < -0.39 is 46.6 Å². The number of nitrogens with one attached hydrogen (secondary N) is 2. The Morgan fingerprint density at radius 3 is 2.76 bits per heavy atom. The van der Waals surface area contributed by atoms with Crippen molar-refractivity contribution >= 4 is 40.1 Å². The van der Waals surface area contributed by atoms with E-state index in [0.29, 0.717) is 37.1 Å². The molecule has 1 aromatic heterocycles. The summed E-state index contributed by atoms with van der Waals surface area (Å²) in [7, 11) is 0. The Morgan fingerprint density at radius 1 is 1.32 bits per heavy atom. The smallest absolute Gasteiger partial charge is 0.319 e. The Balaban J connectivity index is 1.53. The standard InChI is InChI=1S/C20H23ClF3N5O4S/c21-12-7-13(22)11(15(23)16(12)24)9-33-18-14(17(25)31)19(34-28-18)27-20(32)26-4-1-2-5-29-6-3-10(30)8-29/h7,10,30H,1-6,8-9H2,(H2,25,31)(H2,26,27,32). The van der Waals surface area contributed by atoms with Crippen LogP contribution in [0.5, 0.6) is 5.88 Å². The lowest BCUT2D eigenvalue weighted by Crippen LogP contribution is -2.31. The lowest BCUT2D eigenvalue weighted by atomic mass is 10.2. The number of nitrogens with zero attached hydrogens (tertiary/aromatic N) is 2. The van der Waals surface area contributed by atoms with Crippen molar-refractivity contribution < 1.29 is 32.6 Å². The fraction of sp³-hybridized carbons (Fsp3) is 0.450. The van der Waals surface area contributed by atoms with Crippen LogP contribution in [-0.4, -0.2) is 58.6 Å². The van der Waals surface area contributed by atoms with Gasteiger partial charge < -0.3 is 25.8 Å². The number of urea groups is 1. The van der Waals surface area contributed by atoms with Crippen molar-refractivity contribution in [3.05, 3.63) is 39.7 Å². The summed E-state index contributed by atoms with van der Waals surface area (Å²) < 4.78 is 50.6. The van der Waals surface area contributed by atoms with Gasteiger partial charge in [0.1, 0.15) is 23.0 Å². The highest BCUT2D eigenvalue weighted by Crippen LogP contribution is 2.31. The maximum Gasteiger partial charge on any atom is 0.319 e. The first-order valence-electron chi connectivity index (χ1n) is 10.4. The molecule has 5 N–H and O–H groups in total. The number of benzene rings is 1. The fourth-order valence-electron chi connectivity index (χ4n) is 3.38. The van der Waals surface area contributed by atoms with Crippen molar-refractivity contribution in [1.82, 2.24) is 14.6 Å². The third-order valence-electron chi connectivity index (χ3n) is 5.13. The van der Waals surface area contributed by atoms with E-state index >= 15 is 0 Å². The zero-order valence-electron chi connectivity index (χ0n) is 17.9. The van der Waals surface area contributed by atoms with Crippen LogP contribution in [0.1, 0.15) is 35.2 Å². The van der Waals surface area contributed by atoms with Crippen LogP contribution in [0.2, 0.25) is 5.02 Å². The van der Waals surface area contributed by atoms with E-state index in [-0.39, 0.29) is 22.5 Å². The van der Waals surface area contributed by atoms with Crippen LogP contribution < -0.4 is 21.1 Å². The fourth-order valence-corrected chi connectivity index (χ4v) is 4.29. The highest BCUT2D eigenvalue weighted by molar-refractivity contribution is 7.11. The van der Waals surface area contributed by atoms with Gasteiger partial charge in [-0.05, 0) is 43.4 Å². The van der Waals surface area contributed by atoms with E-state index in [1.807, 2.05) is 0 Å². The van der Waals surface area contributed by atoms with Crippen molar-refractivity contribution in [1.29, 1.82) is 0 Å². The first-order chi connectivity index (χ1) is 16.2. The second-order valence-corrected chi connectivity index (χ2v) is 8.80. The number of aliphatic hydroxyl groups excluding tert-OH is 1. The molecule has 2 aromatic rings. The van der Waals surface area contributed by atoms with Crippen LogP contribution in [0, 0.1) is 17.5 Å². The average Bonchev–Trinajstić information content (AvgIpc) is 3.37. The zero-order valence-corrected chi connectivity index (χ0v) is 19.4. The molecule has 9 nitrogen and oxygen atoms in total. The molecule has 0 radical (unpaired) electrons. The number of aromatic nitrogens is 1. The quantitative estimate of drug-likeness (QED) is 0.216. The van der Waals surface area contributed by atoms with Gasteiger partial charge in [-0.3, -0.25) is 10.1 Å². The van der Waals surface area contributed by atoms with Crippen LogP contribution in [0.4, 0.5) is 23.0 Å². The van der Waals surface area contributed by atoms with Crippen LogP contribution in [0.3, 0.4) is 0 Å². The predicted molar refractivity (Wildman–Crippen MR) is 120 cm³/mol. The molecule has 0 bridgehead atoms. The van der Waals surface area contributed by atoms with Crippen molar-refractivity contribution in [3.63, 3.8) is 0 Å². The van der Waals surface area contributed by atoms with Crippen molar-refractivity contribution in [2.24, 2.45) is 5.73 Å². The van der Waals surface area contributed by atoms with Gasteiger partial charge in [-0.1, -0.05) is 11.6 Å². The van der Waals surface area contributed by atoms with Gasteiger partial charge in [-0.15, -0.1) is 0 Å². The minimum atomic E-state index is -1.53. The largest absolute Gasteiger partial charge is 0.471 e. The molecule has 1 atom stereocenters. The van der Waals surface area contributed by atoms with Crippen molar-refractivity contribution in [2.75, 3.05) is 31.5 Å².